The third-order valence-corrected chi connectivity index (χ3v) is 7.51. The Balaban J connectivity index is 1.79. The number of halogens is 1. The molecule has 1 aliphatic rings. The fourth-order valence-corrected chi connectivity index (χ4v) is 4.98. The van der Waals surface area contributed by atoms with E-state index in [0.717, 1.165) is 6.54 Å². The molecule has 0 saturated carbocycles. The van der Waals surface area contributed by atoms with Crippen molar-refractivity contribution in [1.82, 2.24) is 9.21 Å². The first kappa shape index (κ1) is 23.4. The van der Waals surface area contributed by atoms with Crippen LogP contribution in [0.15, 0.2) is 47.4 Å². The maximum absolute atomic E-state index is 13.0. The van der Waals surface area contributed by atoms with Crippen molar-refractivity contribution in [3.8, 4) is 5.75 Å². The maximum Gasteiger partial charge on any atom is 0.345 e. The Morgan fingerprint density at radius 2 is 1.65 bits per heavy atom. The molecule has 2 aromatic rings. The summed E-state index contributed by atoms with van der Waals surface area (Å²) in [5, 5.41) is 0.0949. The van der Waals surface area contributed by atoms with Crippen LogP contribution in [0.4, 0.5) is 0 Å². The van der Waals surface area contributed by atoms with Gasteiger partial charge in [0.2, 0.25) is 10.0 Å². The Hall–Kier alpha value is -2.26. The van der Waals surface area contributed by atoms with Crippen LogP contribution in [-0.4, -0.2) is 62.1 Å². The van der Waals surface area contributed by atoms with Crippen LogP contribution >= 0.6 is 11.6 Å². The third kappa shape index (κ3) is 5.33. The van der Waals surface area contributed by atoms with Crippen LogP contribution in [0.1, 0.15) is 41.0 Å². The van der Waals surface area contributed by atoms with Crippen LogP contribution in [0.5, 0.6) is 5.75 Å². The number of rotatable bonds is 7. The summed E-state index contributed by atoms with van der Waals surface area (Å²) in [7, 11) is -3.75. The van der Waals surface area contributed by atoms with Gasteiger partial charge in [-0.15, -0.1) is 0 Å². The summed E-state index contributed by atoms with van der Waals surface area (Å²) in [6.45, 7) is 6.78. The topological polar surface area (TPSA) is 84.0 Å². The summed E-state index contributed by atoms with van der Waals surface area (Å²) >= 11 is 6.16. The minimum Gasteiger partial charge on any atom is -0.423 e. The molecule has 1 saturated heterocycles. The van der Waals surface area contributed by atoms with Crippen molar-refractivity contribution in [3.63, 3.8) is 0 Å². The van der Waals surface area contributed by atoms with E-state index in [2.05, 4.69) is 4.90 Å². The molecule has 0 unspecified atom stereocenters. The van der Waals surface area contributed by atoms with Crippen LogP contribution in [0.25, 0.3) is 0 Å². The van der Waals surface area contributed by atoms with Gasteiger partial charge < -0.3 is 9.64 Å². The lowest BCUT2D eigenvalue weighted by atomic mass is 10.1. The molecule has 166 valence electrons. The van der Waals surface area contributed by atoms with Gasteiger partial charge in [0.05, 0.1) is 15.5 Å². The van der Waals surface area contributed by atoms with E-state index in [4.69, 9.17) is 16.3 Å². The number of piperazine rings is 1. The van der Waals surface area contributed by atoms with Crippen molar-refractivity contribution in [2.45, 2.75) is 25.2 Å². The van der Waals surface area contributed by atoms with E-state index in [0.29, 0.717) is 38.2 Å². The van der Waals surface area contributed by atoms with Crippen LogP contribution in [0, 0.1) is 0 Å². The largest absolute Gasteiger partial charge is 0.423 e. The number of ether oxygens (including phenoxy) is 1. The molecule has 0 amide bonds. The number of likely N-dealkylation sites (N-methyl/N-ethyl adjacent to an activating group) is 1. The number of nitrogens with zero attached hydrogens (tertiary/aromatic N) is 2. The van der Waals surface area contributed by atoms with Gasteiger partial charge in [0.15, 0.2) is 5.78 Å². The van der Waals surface area contributed by atoms with Crippen molar-refractivity contribution in [2.24, 2.45) is 0 Å². The first-order chi connectivity index (χ1) is 14.8. The van der Waals surface area contributed by atoms with Gasteiger partial charge in [0, 0.05) is 38.2 Å². The number of ketones is 1. The summed E-state index contributed by atoms with van der Waals surface area (Å²) < 4.78 is 32.8. The van der Waals surface area contributed by atoms with Crippen molar-refractivity contribution in [2.75, 3.05) is 32.7 Å². The van der Waals surface area contributed by atoms with E-state index >= 15 is 0 Å². The van der Waals surface area contributed by atoms with Crippen LogP contribution in [-0.2, 0) is 10.0 Å². The number of benzene rings is 2. The van der Waals surface area contributed by atoms with Crippen molar-refractivity contribution < 1.29 is 22.7 Å². The number of hydrogen-bond donors (Lipinski definition) is 0. The molecule has 2 aromatic carbocycles. The number of esters is 1. The first-order valence-electron chi connectivity index (χ1n) is 10.1. The Morgan fingerprint density at radius 3 is 2.23 bits per heavy atom. The first-order valence-corrected chi connectivity index (χ1v) is 12.0. The van der Waals surface area contributed by atoms with E-state index in [1.807, 2.05) is 6.92 Å². The molecular formula is C22H25ClN2O5S. The molecule has 31 heavy (non-hydrogen) atoms. The lowest BCUT2D eigenvalue weighted by Crippen LogP contribution is -2.48. The second-order valence-corrected chi connectivity index (χ2v) is 9.52. The molecule has 0 aromatic heterocycles. The summed E-state index contributed by atoms with van der Waals surface area (Å²) in [6.07, 6.45) is 0.378. The van der Waals surface area contributed by atoms with Crippen molar-refractivity contribution >= 4 is 33.4 Å². The predicted molar refractivity (Wildman–Crippen MR) is 118 cm³/mol. The number of sulfonamides is 1. The highest BCUT2D eigenvalue weighted by molar-refractivity contribution is 7.89. The van der Waals surface area contributed by atoms with Gasteiger partial charge in [0.25, 0.3) is 0 Å². The fourth-order valence-electron chi connectivity index (χ4n) is 3.33. The highest BCUT2D eigenvalue weighted by atomic mass is 35.5. The molecule has 1 aliphatic heterocycles. The monoisotopic (exact) mass is 464 g/mol. The molecular weight excluding hydrogens is 440 g/mol. The Morgan fingerprint density at radius 1 is 1.00 bits per heavy atom. The zero-order chi connectivity index (χ0) is 22.6. The highest BCUT2D eigenvalue weighted by Gasteiger charge is 2.29. The lowest BCUT2D eigenvalue weighted by Gasteiger charge is -2.33. The molecule has 0 aliphatic carbocycles. The average molecular weight is 465 g/mol. The number of carbonyl (C=O) groups is 2. The molecule has 1 heterocycles. The Bertz CT molecular complexity index is 1060. The Labute approximate surface area is 187 Å². The molecule has 0 atom stereocenters. The molecule has 0 N–H and O–H groups in total. The minimum atomic E-state index is -3.75. The molecule has 0 bridgehead atoms. The second-order valence-electron chi connectivity index (χ2n) is 7.17. The number of hydrogen-bond acceptors (Lipinski definition) is 6. The van der Waals surface area contributed by atoms with E-state index < -0.39 is 16.0 Å². The summed E-state index contributed by atoms with van der Waals surface area (Å²) in [4.78, 5) is 26.6. The van der Waals surface area contributed by atoms with Gasteiger partial charge in [-0.1, -0.05) is 25.4 Å². The molecule has 7 nitrogen and oxygen atoms in total. The van der Waals surface area contributed by atoms with E-state index in [-0.39, 0.29) is 27.0 Å². The predicted octanol–water partition coefficient (Wildman–Crippen LogP) is 3.48. The summed E-state index contributed by atoms with van der Waals surface area (Å²) in [5.41, 5.74) is 0.486. The van der Waals surface area contributed by atoms with Gasteiger partial charge in [-0.25, -0.2) is 13.2 Å². The maximum atomic E-state index is 13.0. The van der Waals surface area contributed by atoms with E-state index in [1.54, 1.807) is 19.1 Å². The minimum absolute atomic E-state index is 0.00214. The second kappa shape index (κ2) is 9.91. The zero-order valence-corrected chi connectivity index (χ0v) is 19.1. The van der Waals surface area contributed by atoms with E-state index in [9.17, 15) is 18.0 Å². The summed E-state index contributed by atoms with van der Waals surface area (Å²) in [6, 6.07) is 10.2. The molecule has 3 rings (SSSR count). The van der Waals surface area contributed by atoms with Gasteiger partial charge in [-0.3, -0.25) is 4.79 Å². The lowest BCUT2D eigenvalue weighted by molar-refractivity contribution is 0.0734. The SMILES string of the molecule is CCC(=O)c1ccc(OC(=O)c2cc(S(=O)(=O)N3CCN(CC)CC3)ccc2Cl)cc1. The van der Waals surface area contributed by atoms with E-state index in [1.165, 1.54) is 34.6 Å². The normalized spacial score (nSPS) is 15.6. The third-order valence-electron chi connectivity index (χ3n) is 5.28. The van der Waals surface area contributed by atoms with Crippen molar-refractivity contribution in [1.29, 1.82) is 0 Å². The molecule has 1 fully saturated rings. The number of carbonyl (C=O) groups excluding carboxylic acids is 2. The standard InChI is InChI=1S/C22H25ClN2O5S/c1-3-21(26)16-5-7-17(8-6-16)30-22(27)19-15-18(9-10-20(19)23)31(28,29)25-13-11-24(4-2)12-14-25/h5-10,15H,3-4,11-14H2,1-2H3. The molecule has 9 heteroatoms. The van der Waals surface area contributed by atoms with Crippen LogP contribution in [0.3, 0.4) is 0 Å². The van der Waals surface area contributed by atoms with Gasteiger partial charge in [0.1, 0.15) is 5.75 Å². The zero-order valence-electron chi connectivity index (χ0n) is 17.5. The average Bonchev–Trinajstić information content (AvgIpc) is 2.79. The smallest absolute Gasteiger partial charge is 0.345 e. The van der Waals surface area contributed by atoms with Gasteiger partial charge >= 0.3 is 5.97 Å². The van der Waals surface area contributed by atoms with Crippen LogP contribution in [0.2, 0.25) is 5.02 Å². The van der Waals surface area contributed by atoms with Crippen molar-refractivity contribution in [3.05, 3.63) is 58.6 Å². The summed E-state index contributed by atoms with van der Waals surface area (Å²) in [5.74, 6) is -0.552. The number of Topliss-reactive ketones (excluding diaryl/α,β-unsaturated/α-hetero) is 1. The molecule has 0 spiro atoms. The Kier molecular flexibility index (Phi) is 7.48. The molecule has 0 radical (unpaired) electrons. The van der Waals surface area contributed by atoms with Gasteiger partial charge in [-0.2, -0.15) is 4.31 Å². The van der Waals surface area contributed by atoms with Gasteiger partial charge in [-0.05, 0) is 49.0 Å². The quantitative estimate of drug-likeness (QED) is 0.354. The van der Waals surface area contributed by atoms with Crippen LogP contribution < -0.4 is 4.74 Å². The highest BCUT2D eigenvalue weighted by Crippen LogP contribution is 2.25. The fraction of sp³-hybridized carbons (Fsp3) is 0.364.